The zero-order valence-corrected chi connectivity index (χ0v) is 15.2. The van der Waals surface area contributed by atoms with Gasteiger partial charge in [-0.15, -0.1) is 0 Å². The Morgan fingerprint density at radius 3 is 2.82 bits per heavy atom. The zero-order chi connectivity index (χ0) is 19.8. The van der Waals surface area contributed by atoms with Crippen molar-refractivity contribution in [1.82, 2.24) is 30.3 Å². The lowest BCUT2D eigenvalue weighted by Gasteiger charge is -2.10. The van der Waals surface area contributed by atoms with Gasteiger partial charge in [0, 0.05) is 36.3 Å². The highest BCUT2D eigenvalue weighted by Crippen LogP contribution is 2.31. The molecule has 28 heavy (non-hydrogen) atoms. The molecule has 0 atom stereocenters. The molecular weight excluding hydrogens is 363 g/mol. The number of nitrogens with one attached hydrogen (secondary N) is 2. The van der Waals surface area contributed by atoms with Crippen molar-refractivity contribution in [3.8, 4) is 22.5 Å². The van der Waals surface area contributed by atoms with Crippen LogP contribution in [0, 0.1) is 12.7 Å². The minimum Gasteiger partial charge on any atom is -0.465 e. The Balaban J connectivity index is 1.78. The van der Waals surface area contributed by atoms with E-state index >= 15 is 0 Å². The molecule has 3 N–H and O–H groups in total. The number of aromatic nitrogens is 5. The van der Waals surface area contributed by atoms with Crippen molar-refractivity contribution >= 4 is 17.0 Å². The number of aryl methyl sites for hydroxylation is 2. The smallest absolute Gasteiger partial charge is 0.404 e. The fourth-order valence-corrected chi connectivity index (χ4v) is 3.24. The number of amides is 1. The van der Waals surface area contributed by atoms with E-state index in [4.69, 9.17) is 5.11 Å². The van der Waals surface area contributed by atoms with Gasteiger partial charge in [0.2, 0.25) is 0 Å². The van der Waals surface area contributed by atoms with E-state index < -0.39 is 11.9 Å². The Morgan fingerprint density at radius 2 is 2.14 bits per heavy atom. The Kier molecular flexibility index (Phi) is 4.26. The highest BCUT2D eigenvalue weighted by molar-refractivity contribution is 5.94. The third kappa shape index (κ3) is 3.18. The van der Waals surface area contributed by atoms with Crippen molar-refractivity contribution in [2.45, 2.75) is 13.5 Å². The summed E-state index contributed by atoms with van der Waals surface area (Å²) in [5.41, 5.74) is 4.36. The maximum absolute atomic E-state index is 14.8. The molecule has 0 bridgehead atoms. The van der Waals surface area contributed by atoms with Crippen LogP contribution in [-0.2, 0) is 13.6 Å². The summed E-state index contributed by atoms with van der Waals surface area (Å²) in [6.45, 7) is 1.80. The van der Waals surface area contributed by atoms with E-state index in [9.17, 15) is 9.18 Å². The molecule has 0 unspecified atom stereocenters. The van der Waals surface area contributed by atoms with Crippen LogP contribution in [0.4, 0.5) is 9.18 Å². The summed E-state index contributed by atoms with van der Waals surface area (Å²) in [5, 5.41) is 23.2. The lowest BCUT2D eigenvalue weighted by Crippen LogP contribution is -2.20. The average Bonchev–Trinajstić information content (AvgIpc) is 3.25. The van der Waals surface area contributed by atoms with E-state index in [0.717, 1.165) is 16.5 Å². The van der Waals surface area contributed by atoms with Crippen molar-refractivity contribution in [2.75, 3.05) is 0 Å². The molecule has 142 valence electrons. The molecule has 9 heteroatoms. The van der Waals surface area contributed by atoms with Crippen LogP contribution in [0.3, 0.4) is 0 Å². The zero-order valence-electron chi connectivity index (χ0n) is 15.2. The summed E-state index contributed by atoms with van der Waals surface area (Å²) in [7, 11) is 1.82. The van der Waals surface area contributed by atoms with Gasteiger partial charge in [0.15, 0.2) is 0 Å². The van der Waals surface area contributed by atoms with Crippen LogP contribution in [-0.4, -0.2) is 36.2 Å². The molecule has 1 aromatic carbocycles. The van der Waals surface area contributed by atoms with Crippen molar-refractivity contribution in [2.24, 2.45) is 7.05 Å². The van der Waals surface area contributed by atoms with Crippen LogP contribution in [0.1, 0.15) is 11.1 Å². The third-order valence-corrected chi connectivity index (χ3v) is 4.47. The van der Waals surface area contributed by atoms with Gasteiger partial charge in [0.05, 0.1) is 23.6 Å². The molecule has 0 aliphatic rings. The van der Waals surface area contributed by atoms with Gasteiger partial charge in [-0.1, -0.05) is 6.07 Å². The second kappa shape index (κ2) is 6.76. The molecule has 4 rings (SSSR count). The molecule has 3 heterocycles. The summed E-state index contributed by atoms with van der Waals surface area (Å²) >= 11 is 0. The van der Waals surface area contributed by atoms with Gasteiger partial charge in [0.25, 0.3) is 0 Å². The number of rotatable bonds is 4. The van der Waals surface area contributed by atoms with Gasteiger partial charge in [-0.3, -0.25) is 14.8 Å². The van der Waals surface area contributed by atoms with Crippen LogP contribution >= 0.6 is 0 Å². The van der Waals surface area contributed by atoms with Crippen LogP contribution in [0.5, 0.6) is 0 Å². The third-order valence-electron chi connectivity index (χ3n) is 4.47. The molecule has 0 fully saturated rings. The Bertz CT molecular complexity index is 1170. The van der Waals surface area contributed by atoms with E-state index in [1.807, 2.05) is 13.2 Å². The first kappa shape index (κ1) is 17.7. The molecule has 1 amide bonds. The minimum absolute atomic E-state index is 0.0344. The number of hydrogen-bond acceptors (Lipinski definition) is 4. The minimum atomic E-state index is -1.16. The largest absolute Gasteiger partial charge is 0.465 e. The Labute approximate surface area is 159 Å². The second-order valence-corrected chi connectivity index (χ2v) is 6.52. The lowest BCUT2D eigenvalue weighted by molar-refractivity contribution is 0.194. The van der Waals surface area contributed by atoms with Crippen molar-refractivity contribution < 1.29 is 14.3 Å². The Hall–Kier alpha value is -3.75. The van der Waals surface area contributed by atoms with Gasteiger partial charge in [-0.2, -0.15) is 10.2 Å². The first-order valence-corrected chi connectivity index (χ1v) is 8.51. The van der Waals surface area contributed by atoms with Crippen LogP contribution in [0.25, 0.3) is 33.4 Å². The Morgan fingerprint density at radius 1 is 1.32 bits per heavy atom. The first-order chi connectivity index (χ1) is 13.4. The van der Waals surface area contributed by atoms with Gasteiger partial charge in [-0.25, -0.2) is 9.18 Å². The molecular formula is C19H17FN6O2. The quantitative estimate of drug-likeness (QED) is 0.504. The number of carbonyl (C=O) groups is 1. The molecule has 8 nitrogen and oxygen atoms in total. The number of nitrogens with zero attached hydrogens (tertiary/aromatic N) is 4. The number of H-pyrrole nitrogens is 1. The molecule has 4 aromatic rings. The highest BCUT2D eigenvalue weighted by atomic mass is 19.1. The summed E-state index contributed by atoms with van der Waals surface area (Å²) < 4.78 is 16.5. The van der Waals surface area contributed by atoms with Crippen LogP contribution < -0.4 is 5.32 Å². The molecule has 0 saturated carbocycles. The van der Waals surface area contributed by atoms with Gasteiger partial charge >= 0.3 is 6.09 Å². The molecule has 0 aliphatic heterocycles. The number of halogens is 1. The molecule has 0 saturated heterocycles. The van der Waals surface area contributed by atoms with E-state index in [0.29, 0.717) is 28.1 Å². The summed E-state index contributed by atoms with van der Waals surface area (Å²) in [6.07, 6.45) is 4.03. The fraction of sp³-hybridized carbons (Fsp3) is 0.158. The molecule has 0 radical (unpaired) electrons. The van der Waals surface area contributed by atoms with Gasteiger partial charge in [-0.05, 0) is 30.2 Å². The number of carboxylic acid groups (broad SMARTS) is 1. The van der Waals surface area contributed by atoms with Crippen molar-refractivity contribution in [3.63, 3.8) is 0 Å². The predicted molar refractivity (Wildman–Crippen MR) is 101 cm³/mol. The standard InChI is InChI=1S/C19H17FN6O2/c1-10-3-11(6-22-19(27)28)4-14(20)17(10)15-5-13-16(8-21-15)24-25-18(13)12-7-23-26(2)9-12/h3-5,7-9,22H,6H2,1-2H3,(H,24,25)(H,27,28). The predicted octanol–water partition coefficient (Wildman–Crippen LogP) is 3.24. The van der Waals surface area contributed by atoms with E-state index in [2.05, 4.69) is 25.6 Å². The molecule has 3 aromatic heterocycles. The number of fused-ring (bicyclic) bond motifs is 1. The van der Waals surface area contributed by atoms with E-state index in [-0.39, 0.29) is 6.54 Å². The van der Waals surface area contributed by atoms with E-state index in [1.54, 1.807) is 36.1 Å². The van der Waals surface area contributed by atoms with Gasteiger partial charge < -0.3 is 10.4 Å². The van der Waals surface area contributed by atoms with Crippen molar-refractivity contribution in [1.29, 1.82) is 0 Å². The normalized spacial score (nSPS) is 11.1. The van der Waals surface area contributed by atoms with E-state index in [1.165, 1.54) is 6.07 Å². The number of pyridine rings is 1. The molecule has 0 spiro atoms. The number of aromatic amines is 1. The lowest BCUT2D eigenvalue weighted by atomic mass is 10.00. The topological polar surface area (TPSA) is 109 Å². The summed E-state index contributed by atoms with van der Waals surface area (Å²) in [4.78, 5) is 15.0. The number of benzene rings is 1. The number of hydrogen-bond donors (Lipinski definition) is 3. The molecule has 0 aliphatic carbocycles. The average molecular weight is 380 g/mol. The van der Waals surface area contributed by atoms with Crippen molar-refractivity contribution in [3.05, 3.63) is 53.7 Å². The maximum Gasteiger partial charge on any atom is 0.404 e. The monoisotopic (exact) mass is 380 g/mol. The van der Waals surface area contributed by atoms with Crippen LogP contribution in [0.2, 0.25) is 0 Å². The maximum atomic E-state index is 14.8. The SMILES string of the molecule is Cc1cc(CNC(=O)O)cc(F)c1-c1cc2c(-c3cnn(C)c3)n[nH]c2cn1. The summed E-state index contributed by atoms with van der Waals surface area (Å²) in [5.74, 6) is -0.458. The fourth-order valence-electron chi connectivity index (χ4n) is 3.24. The summed E-state index contributed by atoms with van der Waals surface area (Å²) in [6, 6.07) is 4.86. The highest BCUT2D eigenvalue weighted by Gasteiger charge is 2.16. The second-order valence-electron chi connectivity index (χ2n) is 6.52. The van der Waals surface area contributed by atoms with Gasteiger partial charge in [0.1, 0.15) is 11.5 Å². The van der Waals surface area contributed by atoms with Crippen LogP contribution in [0.15, 0.2) is 36.8 Å². The first-order valence-electron chi connectivity index (χ1n) is 8.51.